The van der Waals surface area contributed by atoms with Crippen molar-refractivity contribution in [2.24, 2.45) is 0 Å². The van der Waals surface area contributed by atoms with Crippen molar-refractivity contribution >= 4 is 11.9 Å². The van der Waals surface area contributed by atoms with Crippen LogP contribution in [0.4, 0.5) is 0 Å². The summed E-state index contributed by atoms with van der Waals surface area (Å²) in [6.07, 6.45) is 2.98. The number of nitrogens with zero attached hydrogens (tertiary/aromatic N) is 3. The third-order valence-corrected chi connectivity index (χ3v) is 4.13. The van der Waals surface area contributed by atoms with E-state index in [1.807, 2.05) is 32.0 Å². The molecule has 0 atom stereocenters. The number of esters is 1. The Labute approximate surface area is 168 Å². The molecule has 8 heteroatoms. The third kappa shape index (κ3) is 5.65. The molecule has 0 bridgehead atoms. The van der Waals surface area contributed by atoms with E-state index in [9.17, 15) is 9.59 Å². The van der Waals surface area contributed by atoms with E-state index < -0.39 is 5.97 Å². The molecule has 0 aliphatic rings. The minimum Gasteiger partial charge on any atom is -0.491 e. The highest BCUT2D eigenvalue weighted by Crippen LogP contribution is 2.18. The molecule has 1 heterocycles. The number of amides is 1. The summed E-state index contributed by atoms with van der Waals surface area (Å²) in [6, 6.07) is 12.6. The van der Waals surface area contributed by atoms with E-state index >= 15 is 0 Å². The van der Waals surface area contributed by atoms with Crippen LogP contribution in [0.15, 0.2) is 55.1 Å². The maximum atomic E-state index is 12.1. The van der Waals surface area contributed by atoms with Gasteiger partial charge in [0.15, 0.2) is 6.61 Å². The van der Waals surface area contributed by atoms with Gasteiger partial charge in [0.25, 0.3) is 5.91 Å². The van der Waals surface area contributed by atoms with Crippen molar-refractivity contribution in [1.82, 2.24) is 20.1 Å². The summed E-state index contributed by atoms with van der Waals surface area (Å²) in [6.45, 7) is 4.28. The number of aryl methyl sites for hydroxylation is 2. The van der Waals surface area contributed by atoms with Crippen LogP contribution in [-0.4, -0.2) is 46.4 Å². The first-order valence-corrected chi connectivity index (χ1v) is 9.12. The lowest BCUT2D eigenvalue weighted by molar-refractivity contribution is -0.124. The van der Waals surface area contributed by atoms with E-state index in [2.05, 4.69) is 15.4 Å². The molecule has 8 nitrogen and oxygen atoms in total. The van der Waals surface area contributed by atoms with Gasteiger partial charge in [0.05, 0.1) is 17.8 Å². The van der Waals surface area contributed by atoms with Crippen molar-refractivity contribution in [2.75, 3.05) is 19.8 Å². The summed E-state index contributed by atoms with van der Waals surface area (Å²) in [7, 11) is 0. The highest BCUT2D eigenvalue weighted by Gasteiger charge is 2.10. The first-order chi connectivity index (χ1) is 14.0. The van der Waals surface area contributed by atoms with Gasteiger partial charge >= 0.3 is 5.97 Å². The Morgan fingerprint density at radius 3 is 2.59 bits per heavy atom. The van der Waals surface area contributed by atoms with Gasteiger partial charge in [0.2, 0.25) is 0 Å². The van der Waals surface area contributed by atoms with Gasteiger partial charge in [0.1, 0.15) is 25.0 Å². The molecule has 1 N–H and O–H groups in total. The number of hydrogen-bond acceptors (Lipinski definition) is 6. The second-order valence-electron chi connectivity index (χ2n) is 6.43. The summed E-state index contributed by atoms with van der Waals surface area (Å²) in [5.41, 5.74) is 3.32. The van der Waals surface area contributed by atoms with Gasteiger partial charge < -0.3 is 14.8 Å². The summed E-state index contributed by atoms with van der Waals surface area (Å²) in [4.78, 5) is 27.8. The topological polar surface area (TPSA) is 95.3 Å². The van der Waals surface area contributed by atoms with E-state index in [4.69, 9.17) is 9.47 Å². The van der Waals surface area contributed by atoms with Gasteiger partial charge in [-0.2, -0.15) is 5.10 Å². The molecule has 0 aliphatic heterocycles. The third-order valence-electron chi connectivity index (χ3n) is 4.13. The molecule has 0 spiro atoms. The predicted octanol–water partition coefficient (Wildman–Crippen LogP) is 2.24. The standard InChI is InChI=1S/C21H22N4O4/c1-15-3-8-19(16(2)11-15)28-10-9-23-20(26)12-29-21(27)17-4-6-18(7-5-17)25-14-22-13-24-25/h3-8,11,13-14H,9-10,12H2,1-2H3,(H,23,26). The number of carbonyl (C=O) groups is 2. The van der Waals surface area contributed by atoms with Crippen molar-refractivity contribution in [3.05, 3.63) is 71.8 Å². The van der Waals surface area contributed by atoms with Crippen LogP contribution in [0, 0.1) is 13.8 Å². The van der Waals surface area contributed by atoms with Crippen molar-refractivity contribution in [1.29, 1.82) is 0 Å². The van der Waals surface area contributed by atoms with E-state index in [0.29, 0.717) is 18.7 Å². The fourth-order valence-electron chi connectivity index (χ4n) is 2.67. The average molecular weight is 394 g/mol. The highest BCUT2D eigenvalue weighted by molar-refractivity contribution is 5.91. The number of aromatic nitrogens is 3. The lowest BCUT2D eigenvalue weighted by Crippen LogP contribution is -2.32. The number of ether oxygens (including phenoxy) is 2. The molecule has 3 rings (SSSR count). The van der Waals surface area contributed by atoms with Crippen LogP contribution in [0.5, 0.6) is 5.75 Å². The molecule has 0 fully saturated rings. The average Bonchev–Trinajstić information content (AvgIpc) is 3.25. The Morgan fingerprint density at radius 1 is 1.10 bits per heavy atom. The number of carbonyl (C=O) groups excluding carboxylic acids is 2. The summed E-state index contributed by atoms with van der Waals surface area (Å²) in [5.74, 6) is -0.177. The van der Waals surface area contributed by atoms with E-state index in [0.717, 1.165) is 22.6 Å². The van der Waals surface area contributed by atoms with Gasteiger partial charge in [-0.25, -0.2) is 14.5 Å². The minimum atomic E-state index is -0.572. The summed E-state index contributed by atoms with van der Waals surface area (Å²) in [5, 5.41) is 6.67. The number of nitrogens with one attached hydrogen (secondary N) is 1. The zero-order valence-electron chi connectivity index (χ0n) is 16.3. The lowest BCUT2D eigenvalue weighted by Gasteiger charge is -2.11. The number of rotatable bonds is 8. The lowest BCUT2D eigenvalue weighted by atomic mass is 10.1. The van der Waals surface area contributed by atoms with Crippen molar-refractivity contribution in [2.45, 2.75) is 13.8 Å². The summed E-state index contributed by atoms with van der Waals surface area (Å²) >= 11 is 0. The molecule has 0 saturated carbocycles. The first kappa shape index (κ1) is 20.1. The normalized spacial score (nSPS) is 10.4. The van der Waals surface area contributed by atoms with Crippen LogP contribution < -0.4 is 10.1 Å². The molecular weight excluding hydrogens is 372 g/mol. The zero-order chi connectivity index (χ0) is 20.6. The van der Waals surface area contributed by atoms with Crippen LogP contribution in [0.25, 0.3) is 5.69 Å². The van der Waals surface area contributed by atoms with Gasteiger partial charge in [-0.15, -0.1) is 0 Å². The highest BCUT2D eigenvalue weighted by atomic mass is 16.5. The molecular formula is C21H22N4O4. The fourth-order valence-corrected chi connectivity index (χ4v) is 2.67. The Morgan fingerprint density at radius 2 is 1.90 bits per heavy atom. The maximum Gasteiger partial charge on any atom is 0.338 e. The Hall–Kier alpha value is -3.68. The largest absolute Gasteiger partial charge is 0.491 e. The van der Waals surface area contributed by atoms with E-state index in [1.54, 1.807) is 35.3 Å². The molecule has 2 aromatic carbocycles. The Bertz CT molecular complexity index is 969. The molecule has 0 aliphatic carbocycles. The van der Waals surface area contributed by atoms with Crippen molar-refractivity contribution in [3.63, 3.8) is 0 Å². The molecule has 1 aromatic heterocycles. The second kappa shape index (κ2) is 9.50. The maximum absolute atomic E-state index is 12.1. The van der Waals surface area contributed by atoms with Crippen molar-refractivity contribution in [3.8, 4) is 11.4 Å². The zero-order valence-corrected chi connectivity index (χ0v) is 16.3. The SMILES string of the molecule is Cc1ccc(OCCNC(=O)COC(=O)c2ccc(-n3cncn3)cc2)c(C)c1. The smallest absolute Gasteiger partial charge is 0.338 e. The quantitative estimate of drug-likeness (QED) is 0.465. The van der Waals surface area contributed by atoms with E-state index in [1.165, 1.54) is 6.33 Å². The molecule has 0 unspecified atom stereocenters. The van der Waals surface area contributed by atoms with Crippen LogP contribution in [-0.2, 0) is 9.53 Å². The van der Waals surface area contributed by atoms with Gasteiger partial charge in [-0.1, -0.05) is 17.7 Å². The minimum absolute atomic E-state index is 0.316. The second-order valence-corrected chi connectivity index (χ2v) is 6.43. The Balaban J connectivity index is 1.38. The fraction of sp³-hybridized carbons (Fsp3) is 0.238. The Kier molecular flexibility index (Phi) is 6.57. The molecule has 0 saturated heterocycles. The molecule has 1 amide bonds. The van der Waals surface area contributed by atoms with Crippen LogP contribution in [0.2, 0.25) is 0 Å². The van der Waals surface area contributed by atoms with E-state index in [-0.39, 0.29) is 12.5 Å². The number of hydrogen-bond donors (Lipinski definition) is 1. The molecule has 29 heavy (non-hydrogen) atoms. The van der Waals surface area contributed by atoms with Gasteiger partial charge in [-0.05, 0) is 49.7 Å². The molecule has 150 valence electrons. The molecule has 3 aromatic rings. The molecule has 0 radical (unpaired) electrons. The van der Waals surface area contributed by atoms with Gasteiger partial charge in [-0.3, -0.25) is 4.79 Å². The van der Waals surface area contributed by atoms with Crippen LogP contribution >= 0.6 is 0 Å². The van der Waals surface area contributed by atoms with Crippen LogP contribution in [0.3, 0.4) is 0 Å². The first-order valence-electron chi connectivity index (χ1n) is 9.12. The van der Waals surface area contributed by atoms with Crippen LogP contribution in [0.1, 0.15) is 21.5 Å². The van der Waals surface area contributed by atoms with Crippen molar-refractivity contribution < 1.29 is 19.1 Å². The number of benzene rings is 2. The monoisotopic (exact) mass is 394 g/mol. The van der Waals surface area contributed by atoms with Gasteiger partial charge in [0, 0.05) is 0 Å². The summed E-state index contributed by atoms with van der Waals surface area (Å²) < 4.78 is 12.3. The predicted molar refractivity (Wildman–Crippen MR) is 106 cm³/mol.